The molecule has 2 amide bonds. The molecular weight excluding hydrogens is 590 g/mol. The van der Waals surface area contributed by atoms with E-state index in [1.807, 2.05) is 98.8 Å². The zero-order chi connectivity index (χ0) is 32.0. The van der Waals surface area contributed by atoms with Crippen LogP contribution in [0.2, 0.25) is 0 Å². The first-order valence-corrected chi connectivity index (χ1v) is 16.4. The number of pyridine rings is 1. The van der Waals surface area contributed by atoms with Crippen LogP contribution in [0.5, 0.6) is 5.75 Å². The number of carbonyl (C=O) groups is 2. The third kappa shape index (κ3) is 8.03. The Kier molecular flexibility index (Phi) is 9.75. The third-order valence-electron chi connectivity index (χ3n) is 7.60. The Balaban J connectivity index is 1.38. The number of benzene rings is 4. The summed E-state index contributed by atoms with van der Waals surface area (Å²) in [6.45, 7) is 3.88. The summed E-state index contributed by atoms with van der Waals surface area (Å²) in [7, 11) is -4.07. The van der Waals surface area contributed by atoms with Crippen molar-refractivity contribution in [1.29, 1.82) is 0 Å². The van der Waals surface area contributed by atoms with Crippen LogP contribution in [0, 0.1) is 0 Å². The molecule has 0 radical (unpaired) electrons. The van der Waals surface area contributed by atoms with E-state index >= 15 is 0 Å². The second-order valence-electron chi connectivity index (χ2n) is 10.9. The van der Waals surface area contributed by atoms with Crippen LogP contribution in [0.15, 0.2) is 97.1 Å². The SMILES string of the molecule is C[C@H](NC(=O)c1cc(OCCCCS(=O)(=O)O)cc(C(=O)N[C@@H](C)c2cccc3ccccc23)n1)c1cccc2ccccc12. The molecule has 0 spiro atoms. The van der Waals surface area contributed by atoms with Crippen molar-refractivity contribution in [2.75, 3.05) is 12.4 Å². The minimum Gasteiger partial charge on any atom is -0.493 e. The van der Waals surface area contributed by atoms with Gasteiger partial charge in [0.05, 0.1) is 24.4 Å². The van der Waals surface area contributed by atoms with Crippen LogP contribution >= 0.6 is 0 Å². The fourth-order valence-electron chi connectivity index (χ4n) is 5.35. The molecule has 5 aromatic rings. The number of fused-ring (bicyclic) bond motifs is 2. The molecule has 3 N–H and O–H groups in total. The molecule has 0 aliphatic heterocycles. The van der Waals surface area contributed by atoms with Crippen molar-refractivity contribution in [2.45, 2.75) is 38.8 Å². The number of ether oxygens (including phenoxy) is 1. The summed E-state index contributed by atoms with van der Waals surface area (Å²) >= 11 is 0. The van der Waals surface area contributed by atoms with Crippen molar-refractivity contribution in [3.05, 3.63) is 120 Å². The second kappa shape index (κ2) is 13.9. The van der Waals surface area contributed by atoms with E-state index < -0.39 is 21.9 Å². The first-order chi connectivity index (χ1) is 21.6. The van der Waals surface area contributed by atoms with Gasteiger partial charge in [-0.25, -0.2) is 4.98 Å². The molecule has 0 saturated heterocycles. The molecule has 0 saturated carbocycles. The molecule has 1 heterocycles. The maximum absolute atomic E-state index is 13.5. The number of rotatable bonds is 12. The molecule has 45 heavy (non-hydrogen) atoms. The molecular formula is C35H35N3O6S. The highest BCUT2D eigenvalue weighted by Crippen LogP contribution is 2.26. The molecule has 2 atom stereocenters. The fraction of sp³-hybridized carbons (Fsp3) is 0.229. The number of aromatic nitrogens is 1. The van der Waals surface area contributed by atoms with Crippen molar-refractivity contribution in [1.82, 2.24) is 15.6 Å². The molecule has 5 rings (SSSR count). The van der Waals surface area contributed by atoms with Gasteiger partial charge in [0.15, 0.2) is 0 Å². The Labute approximate surface area is 262 Å². The van der Waals surface area contributed by atoms with Crippen molar-refractivity contribution < 1.29 is 27.3 Å². The predicted octanol–water partition coefficient (Wildman–Crippen LogP) is 6.42. The highest BCUT2D eigenvalue weighted by atomic mass is 32.2. The van der Waals surface area contributed by atoms with Crippen LogP contribution < -0.4 is 15.4 Å². The van der Waals surface area contributed by atoms with Gasteiger partial charge in [0, 0.05) is 12.1 Å². The highest BCUT2D eigenvalue weighted by molar-refractivity contribution is 7.85. The third-order valence-corrected chi connectivity index (χ3v) is 8.41. The van der Waals surface area contributed by atoms with Gasteiger partial charge in [-0.1, -0.05) is 84.9 Å². The number of nitrogens with one attached hydrogen (secondary N) is 2. The van der Waals surface area contributed by atoms with Crippen molar-refractivity contribution in [3.63, 3.8) is 0 Å². The van der Waals surface area contributed by atoms with Gasteiger partial charge in [-0.3, -0.25) is 14.1 Å². The van der Waals surface area contributed by atoms with Crippen molar-refractivity contribution in [3.8, 4) is 5.75 Å². The van der Waals surface area contributed by atoms with Crippen LogP contribution in [-0.4, -0.2) is 42.1 Å². The Morgan fingerprint density at radius 2 is 1.20 bits per heavy atom. The molecule has 10 heteroatoms. The van der Waals surface area contributed by atoms with Crippen LogP contribution in [0.25, 0.3) is 21.5 Å². The first-order valence-electron chi connectivity index (χ1n) is 14.8. The molecule has 0 unspecified atom stereocenters. The summed E-state index contributed by atoms with van der Waals surface area (Å²) in [5.41, 5.74) is 1.88. The van der Waals surface area contributed by atoms with Gasteiger partial charge in [-0.15, -0.1) is 0 Å². The van der Waals surface area contributed by atoms with E-state index in [-0.39, 0.29) is 48.0 Å². The van der Waals surface area contributed by atoms with Crippen molar-refractivity contribution in [2.24, 2.45) is 0 Å². The van der Waals surface area contributed by atoms with E-state index in [0.29, 0.717) is 6.42 Å². The normalized spacial score (nSPS) is 12.9. The van der Waals surface area contributed by atoms with E-state index in [2.05, 4.69) is 15.6 Å². The van der Waals surface area contributed by atoms with E-state index in [9.17, 15) is 18.0 Å². The van der Waals surface area contributed by atoms with E-state index in [1.165, 1.54) is 12.1 Å². The van der Waals surface area contributed by atoms with Gasteiger partial charge < -0.3 is 15.4 Å². The van der Waals surface area contributed by atoms with E-state index in [0.717, 1.165) is 32.7 Å². The number of unbranched alkanes of at least 4 members (excludes halogenated alkanes) is 1. The summed E-state index contributed by atoms with van der Waals surface area (Å²) in [5.74, 6) is -1.11. The topological polar surface area (TPSA) is 135 Å². The standard InChI is InChI=1S/C35H35N3O6S/c1-23(28-17-9-13-25-11-3-5-15-30(25)28)36-34(39)32-21-27(44-19-7-8-20-45(41,42)43)22-33(38-32)35(40)37-24(2)29-18-10-14-26-12-4-6-16-31(26)29/h3-6,9-18,21-24H,7-8,19-20H2,1-2H3,(H,36,39)(H,37,40)(H,41,42,43)/t23-,24-/m0/s1. The lowest BCUT2D eigenvalue weighted by Crippen LogP contribution is -2.30. The van der Waals surface area contributed by atoms with E-state index in [4.69, 9.17) is 9.29 Å². The highest BCUT2D eigenvalue weighted by Gasteiger charge is 2.21. The van der Waals surface area contributed by atoms with Crippen LogP contribution in [0.3, 0.4) is 0 Å². The molecule has 232 valence electrons. The molecule has 4 aromatic carbocycles. The summed E-state index contributed by atoms with van der Waals surface area (Å²) < 4.78 is 36.9. The largest absolute Gasteiger partial charge is 0.493 e. The van der Waals surface area contributed by atoms with E-state index in [1.54, 1.807) is 0 Å². The minimum atomic E-state index is -4.07. The van der Waals surface area contributed by atoms with Crippen LogP contribution in [0.1, 0.15) is 70.9 Å². The fourth-order valence-corrected chi connectivity index (χ4v) is 5.92. The molecule has 9 nitrogen and oxygen atoms in total. The lowest BCUT2D eigenvalue weighted by molar-refractivity contribution is 0.0929. The van der Waals surface area contributed by atoms with Gasteiger partial charge in [-0.05, 0) is 59.4 Å². The molecule has 0 aliphatic carbocycles. The lowest BCUT2D eigenvalue weighted by atomic mass is 9.99. The number of nitrogens with zero attached hydrogens (tertiary/aromatic N) is 1. The summed E-state index contributed by atoms with van der Waals surface area (Å²) in [4.78, 5) is 31.4. The van der Waals surface area contributed by atoms with Gasteiger partial charge >= 0.3 is 0 Å². The number of hydrogen-bond donors (Lipinski definition) is 3. The smallest absolute Gasteiger partial charge is 0.270 e. The average molecular weight is 626 g/mol. The number of hydrogen-bond acceptors (Lipinski definition) is 6. The quantitative estimate of drug-likeness (QED) is 0.108. The van der Waals surface area contributed by atoms with Gasteiger partial charge in [0.2, 0.25) is 0 Å². The van der Waals surface area contributed by atoms with Gasteiger partial charge in [0.25, 0.3) is 21.9 Å². The zero-order valence-corrected chi connectivity index (χ0v) is 25.9. The average Bonchev–Trinajstić information content (AvgIpc) is 3.03. The van der Waals surface area contributed by atoms with Crippen LogP contribution in [0.4, 0.5) is 0 Å². The zero-order valence-electron chi connectivity index (χ0n) is 25.1. The second-order valence-corrected chi connectivity index (χ2v) is 12.5. The molecule has 1 aromatic heterocycles. The monoisotopic (exact) mass is 625 g/mol. The number of amides is 2. The predicted molar refractivity (Wildman–Crippen MR) is 175 cm³/mol. The molecule has 0 aliphatic rings. The Bertz CT molecular complexity index is 1830. The summed E-state index contributed by atoms with van der Waals surface area (Å²) in [6.07, 6.45) is 0.525. The summed E-state index contributed by atoms with van der Waals surface area (Å²) in [6, 6.07) is 29.8. The molecule has 0 bridgehead atoms. The maximum atomic E-state index is 13.5. The van der Waals surface area contributed by atoms with Crippen LogP contribution in [-0.2, 0) is 10.1 Å². The first kappa shape index (κ1) is 31.6. The Morgan fingerprint density at radius 1 is 0.733 bits per heavy atom. The molecule has 0 fully saturated rings. The maximum Gasteiger partial charge on any atom is 0.270 e. The number of carbonyl (C=O) groups excluding carboxylic acids is 2. The van der Waals surface area contributed by atoms with Crippen molar-refractivity contribution >= 4 is 43.5 Å². The minimum absolute atomic E-state index is 0.000451. The summed E-state index contributed by atoms with van der Waals surface area (Å²) in [5, 5.41) is 10.1. The Hall–Kier alpha value is -4.80. The van der Waals surface area contributed by atoms with Gasteiger partial charge in [0.1, 0.15) is 17.1 Å². The van der Waals surface area contributed by atoms with Gasteiger partial charge in [-0.2, -0.15) is 8.42 Å². The lowest BCUT2D eigenvalue weighted by Gasteiger charge is -2.18. The Morgan fingerprint density at radius 3 is 1.69 bits per heavy atom.